The summed E-state index contributed by atoms with van der Waals surface area (Å²) in [6, 6.07) is 6.05. The zero-order valence-corrected chi connectivity index (χ0v) is 13.1. The van der Waals surface area contributed by atoms with E-state index in [0.717, 1.165) is 28.8 Å². The summed E-state index contributed by atoms with van der Waals surface area (Å²) in [6.07, 6.45) is 5.00. The van der Waals surface area contributed by atoms with Gasteiger partial charge in [0.15, 0.2) is 0 Å². The third kappa shape index (κ3) is 4.62. The number of para-hydroxylation sites is 1. The van der Waals surface area contributed by atoms with Crippen molar-refractivity contribution in [2.24, 2.45) is 0 Å². The molecule has 0 saturated carbocycles. The molecule has 1 atom stereocenters. The summed E-state index contributed by atoms with van der Waals surface area (Å²) in [7, 11) is 1.69. The van der Waals surface area contributed by atoms with Crippen LogP contribution in [0, 0.1) is 0 Å². The smallest absolute Gasteiger partial charge is 0.138 e. The summed E-state index contributed by atoms with van der Waals surface area (Å²) < 4.78 is 12.3. The highest BCUT2D eigenvalue weighted by atomic mass is 79.9. The van der Waals surface area contributed by atoms with Crippen LogP contribution in [0.25, 0.3) is 0 Å². The van der Waals surface area contributed by atoms with E-state index in [4.69, 9.17) is 9.47 Å². The number of rotatable bonds is 8. The molecule has 2 nitrogen and oxygen atoms in total. The first-order chi connectivity index (χ1) is 8.70. The van der Waals surface area contributed by atoms with Gasteiger partial charge < -0.3 is 9.47 Å². The molecule has 1 aromatic rings. The Balaban J connectivity index is 2.50. The number of unbranched alkanes of at least 4 members (excludes halogenated alkanes) is 3. The summed E-state index contributed by atoms with van der Waals surface area (Å²) in [5.74, 6) is 0.874. The lowest BCUT2D eigenvalue weighted by atomic mass is 10.1. The highest BCUT2D eigenvalue weighted by molar-refractivity contribution is 9.10. The maximum atomic E-state index is 5.87. The minimum Gasteiger partial charge on any atom is -0.495 e. The first-order valence-corrected chi connectivity index (χ1v) is 7.44. The van der Waals surface area contributed by atoms with Crippen LogP contribution in [0.4, 0.5) is 0 Å². The van der Waals surface area contributed by atoms with Gasteiger partial charge in [0.1, 0.15) is 5.75 Å². The molecule has 102 valence electrons. The fourth-order valence-electron chi connectivity index (χ4n) is 1.94. The summed E-state index contributed by atoms with van der Waals surface area (Å²) in [4.78, 5) is 0. The van der Waals surface area contributed by atoms with Crippen LogP contribution in [0.2, 0.25) is 0 Å². The van der Waals surface area contributed by atoms with Gasteiger partial charge in [0.2, 0.25) is 0 Å². The maximum Gasteiger partial charge on any atom is 0.138 e. The van der Waals surface area contributed by atoms with Crippen LogP contribution >= 0.6 is 15.9 Å². The summed E-state index contributed by atoms with van der Waals surface area (Å²) in [5.41, 5.74) is 1.10. The average Bonchev–Trinajstić information content (AvgIpc) is 2.38. The molecular formula is C15H23BrO2. The Bertz CT molecular complexity index is 352. The van der Waals surface area contributed by atoms with Crippen molar-refractivity contribution in [1.29, 1.82) is 0 Å². The van der Waals surface area contributed by atoms with Crippen LogP contribution in [0.5, 0.6) is 5.75 Å². The van der Waals surface area contributed by atoms with Gasteiger partial charge >= 0.3 is 0 Å². The Morgan fingerprint density at radius 3 is 2.67 bits per heavy atom. The number of hydrogen-bond donors (Lipinski definition) is 0. The van der Waals surface area contributed by atoms with Gasteiger partial charge in [-0.25, -0.2) is 0 Å². The van der Waals surface area contributed by atoms with E-state index in [1.165, 1.54) is 19.3 Å². The number of hydrogen-bond acceptors (Lipinski definition) is 2. The van der Waals surface area contributed by atoms with E-state index in [-0.39, 0.29) is 6.10 Å². The standard InChI is InChI=1S/C15H23BrO2/c1-4-5-6-7-11-18-12(2)13-9-8-10-14(16)15(13)17-3/h8-10,12H,4-7,11H2,1-3H3/t12-/m1/s1. The number of ether oxygens (including phenoxy) is 2. The molecule has 0 bridgehead atoms. The van der Waals surface area contributed by atoms with Crippen molar-refractivity contribution >= 4 is 15.9 Å². The van der Waals surface area contributed by atoms with E-state index >= 15 is 0 Å². The Morgan fingerprint density at radius 2 is 2.00 bits per heavy atom. The zero-order valence-electron chi connectivity index (χ0n) is 11.5. The van der Waals surface area contributed by atoms with E-state index in [2.05, 4.69) is 35.8 Å². The van der Waals surface area contributed by atoms with Crippen LogP contribution in [0.1, 0.15) is 51.2 Å². The van der Waals surface area contributed by atoms with Gasteiger partial charge in [-0.1, -0.05) is 38.3 Å². The topological polar surface area (TPSA) is 18.5 Å². The third-order valence-electron chi connectivity index (χ3n) is 3.01. The first kappa shape index (κ1) is 15.5. The van der Waals surface area contributed by atoms with Crippen LogP contribution in [0.15, 0.2) is 22.7 Å². The fraction of sp³-hybridized carbons (Fsp3) is 0.600. The molecule has 0 fully saturated rings. The van der Waals surface area contributed by atoms with Gasteiger partial charge in [0.25, 0.3) is 0 Å². The van der Waals surface area contributed by atoms with Crippen molar-refractivity contribution in [1.82, 2.24) is 0 Å². The van der Waals surface area contributed by atoms with Crippen molar-refractivity contribution in [2.45, 2.75) is 45.6 Å². The number of methoxy groups -OCH3 is 1. The molecule has 0 unspecified atom stereocenters. The van der Waals surface area contributed by atoms with Crippen LogP contribution in [-0.2, 0) is 4.74 Å². The van der Waals surface area contributed by atoms with Crippen LogP contribution in [0.3, 0.4) is 0 Å². The molecule has 18 heavy (non-hydrogen) atoms. The van der Waals surface area contributed by atoms with E-state index in [1.807, 2.05) is 12.1 Å². The Hall–Kier alpha value is -0.540. The molecule has 0 aromatic heterocycles. The predicted molar refractivity (Wildman–Crippen MR) is 79.2 cm³/mol. The van der Waals surface area contributed by atoms with Crippen molar-refractivity contribution in [3.05, 3.63) is 28.2 Å². The maximum absolute atomic E-state index is 5.87. The van der Waals surface area contributed by atoms with Crippen LogP contribution in [-0.4, -0.2) is 13.7 Å². The zero-order chi connectivity index (χ0) is 13.4. The quantitative estimate of drug-likeness (QED) is 0.620. The van der Waals surface area contributed by atoms with Crippen molar-refractivity contribution in [2.75, 3.05) is 13.7 Å². The molecule has 0 aliphatic rings. The molecule has 1 aromatic carbocycles. The van der Waals surface area contributed by atoms with Gasteiger partial charge in [-0.15, -0.1) is 0 Å². The summed E-state index contributed by atoms with van der Waals surface area (Å²) in [6.45, 7) is 5.11. The average molecular weight is 315 g/mol. The molecule has 3 heteroatoms. The highest BCUT2D eigenvalue weighted by Gasteiger charge is 2.13. The molecule has 0 radical (unpaired) electrons. The van der Waals surface area contributed by atoms with E-state index < -0.39 is 0 Å². The molecular weight excluding hydrogens is 292 g/mol. The lowest BCUT2D eigenvalue weighted by Crippen LogP contribution is -2.04. The second kappa shape index (κ2) is 8.54. The molecule has 0 aliphatic heterocycles. The fourth-order valence-corrected chi connectivity index (χ4v) is 2.48. The van der Waals surface area contributed by atoms with Gasteiger partial charge in [0.05, 0.1) is 17.7 Å². The Labute approximate surface area is 119 Å². The molecule has 0 spiro atoms. The second-order valence-corrected chi connectivity index (χ2v) is 5.29. The lowest BCUT2D eigenvalue weighted by molar-refractivity contribution is 0.0610. The van der Waals surface area contributed by atoms with E-state index in [0.29, 0.717) is 0 Å². The largest absolute Gasteiger partial charge is 0.495 e. The lowest BCUT2D eigenvalue weighted by Gasteiger charge is -2.17. The Morgan fingerprint density at radius 1 is 1.22 bits per heavy atom. The highest BCUT2D eigenvalue weighted by Crippen LogP contribution is 2.34. The molecule has 0 aliphatic carbocycles. The molecule has 0 N–H and O–H groups in total. The molecule has 0 heterocycles. The van der Waals surface area contributed by atoms with Crippen molar-refractivity contribution in [3.63, 3.8) is 0 Å². The van der Waals surface area contributed by atoms with Crippen molar-refractivity contribution < 1.29 is 9.47 Å². The van der Waals surface area contributed by atoms with E-state index in [1.54, 1.807) is 7.11 Å². The van der Waals surface area contributed by atoms with Gasteiger partial charge in [-0.2, -0.15) is 0 Å². The monoisotopic (exact) mass is 314 g/mol. The normalized spacial score (nSPS) is 12.4. The number of benzene rings is 1. The number of halogens is 1. The SMILES string of the molecule is CCCCCCO[C@H](C)c1cccc(Br)c1OC. The third-order valence-corrected chi connectivity index (χ3v) is 3.63. The van der Waals surface area contributed by atoms with E-state index in [9.17, 15) is 0 Å². The summed E-state index contributed by atoms with van der Waals surface area (Å²) in [5, 5.41) is 0. The second-order valence-electron chi connectivity index (χ2n) is 4.44. The molecule has 1 rings (SSSR count). The Kier molecular flexibility index (Phi) is 7.36. The molecule has 0 saturated heterocycles. The van der Waals surface area contributed by atoms with Gasteiger partial charge in [-0.05, 0) is 35.3 Å². The van der Waals surface area contributed by atoms with Crippen molar-refractivity contribution in [3.8, 4) is 5.75 Å². The first-order valence-electron chi connectivity index (χ1n) is 6.64. The van der Waals surface area contributed by atoms with Gasteiger partial charge in [0, 0.05) is 12.2 Å². The minimum absolute atomic E-state index is 0.0686. The molecule has 0 amide bonds. The van der Waals surface area contributed by atoms with Crippen LogP contribution < -0.4 is 4.74 Å². The van der Waals surface area contributed by atoms with Gasteiger partial charge in [-0.3, -0.25) is 0 Å². The summed E-state index contributed by atoms with van der Waals surface area (Å²) >= 11 is 3.50. The minimum atomic E-state index is 0.0686. The predicted octanol–water partition coefficient (Wildman–Crippen LogP) is 5.12.